The van der Waals surface area contributed by atoms with E-state index >= 15 is 0 Å². The molecule has 0 unspecified atom stereocenters. The number of primary amides is 2. The number of aliphatic carboxylic acids is 1. The van der Waals surface area contributed by atoms with Crippen LogP contribution >= 0.6 is 24.4 Å². The zero-order valence-electron chi connectivity index (χ0n) is 20.7. The van der Waals surface area contributed by atoms with Crippen LogP contribution in [0, 0.1) is 0 Å². The Balaban J connectivity index is 5.45. The lowest BCUT2D eigenvalue weighted by atomic mass is 10.1. The van der Waals surface area contributed by atoms with Crippen LogP contribution in [0.15, 0.2) is 0 Å². The summed E-state index contributed by atoms with van der Waals surface area (Å²) in [5, 5.41) is 27.6. The van der Waals surface area contributed by atoms with Crippen LogP contribution in [0.5, 0.6) is 0 Å². The highest BCUT2D eigenvalue weighted by Crippen LogP contribution is 2.03. The molecule has 0 heterocycles. The van der Waals surface area contributed by atoms with Gasteiger partial charge >= 0.3 is 5.97 Å². The smallest absolute Gasteiger partial charge is 0.326 e. The summed E-state index contributed by atoms with van der Waals surface area (Å²) in [5.41, 5.74) is 15.8. The number of carboxylic acids is 1. The normalized spacial score (nSPS) is 14.6. The van der Waals surface area contributed by atoms with Crippen LogP contribution in [0.1, 0.15) is 25.7 Å². The van der Waals surface area contributed by atoms with Crippen LogP contribution < -0.4 is 38.5 Å². The van der Waals surface area contributed by atoms with Gasteiger partial charge in [-0.25, -0.2) is 4.79 Å². The van der Waals surface area contributed by atoms with Gasteiger partial charge in [-0.3, -0.25) is 28.8 Å². The van der Waals surface area contributed by atoms with E-state index in [1.165, 1.54) is 11.8 Å². The van der Waals surface area contributed by atoms with Crippen LogP contribution in [0.3, 0.4) is 0 Å². The first-order valence-electron chi connectivity index (χ1n) is 11.2. The van der Waals surface area contributed by atoms with Crippen molar-refractivity contribution < 1.29 is 43.8 Å². The fourth-order valence-electron chi connectivity index (χ4n) is 2.82. The van der Waals surface area contributed by atoms with E-state index in [0.29, 0.717) is 12.2 Å². The monoisotopic (exact) mass is 581 g/mol. The quantitative estimate of drug-likeness (QED) is 0.0645. The average Bonchev–Trinajstić information content (AvgIpc) is 2.84. The second-order valence-corrected chi connectivity index (χ2v) is 9.36. The highest BCUT2D eigenvalue weighted by Gasteiger charge is 2.31. The largest absolute Gasteiger partial charge is 0.480 e. The summed E-state index contributed by atoms with van der Waals surface area (Å²) in [6.07, 6.45) is 0.698. The number of aliphatic hydroxyl groups excluding tert-OH is 1. The number of aliphatic hydroxyl groups is 1. The Bertz CT molecular complexity index is 878. The van der Waals surface area contributed by atoms with Crippen molar-refractivity contribution in [1.82, 2.24) is 21.3 Å². The third-order valence-corrected chi connectivity index (χ3v) is 5.94. The van der Waals surface area contributed by atoms with Crippen LogP contribution in [0.4, 0.5) is 0 Å². The van der Waals surface area contributed by atoms with Gasteiger partial charge in [0.2, 0.25) is 35.4 Å². The number of amides is 6. The van der Waals surface area contributed by atoms with Crippen molar-refractivity contribution in [3.8, 4) is 0 Å². The molecule has 0 radical (unpaired) electrons. The molecule has 18 heteroatoms. The van der Waals surface area contributed by atoms with Gasteiger partial charge in [0.15, 0.2) is 0 Å². The molecule has 0 spiro atoms. The standard InChI is InChI=1S/C20H35N7O9S2/c1-38-5-4-9(21)16(31)26-12(7-28)18(33)27-13(8-37)19(34)24-10(2-3-14(22)29)17(32)25-11(20(35)36)6-15(23)30/h9-13,28,37H,2-8,21H2,1H3,(H2,22,29)(H2,23,30)(H,24,34)(H,25,32)(H,26,31)(H,27,33)(H,35,36)/t9-,10-,11-,12-,13-/m0/s1. The Labute approximate surface area is 228 Å². The zero-order valence-corrected chi connectivity index (χ0v) is 22.4. The zero-order chi connectivity index (χ0) is 29.4. The number of thioether (sulfide) groups is 1. The van der Waals surface area contributed by atoms with Gasteiger partial charge in [-0.1, -0.05) is 0 Å². The highest BCUT2D eigenvalue weighted by atomic mass is 32.2. The Morgan fingerprint density at radius 1 is 0.789 bits per heavy atom. The topological polar surface area (TPSA) is 286 Å². The molecule has 0 fully saturated rings. The molecular weight excluding hydrogens is 546 g/mol. The van der Waals surface area contributed by atoms with Gasteiger partial charge in [0.1, 0.15) is 24.2 Å². The molecule has 0 aliphatic heterocycles. The van der Waals surface area contributed by atoms with E-state index in [0.717, 1.165) is 0 Å². The van der Waals surface area contributed by atoms with Crippen molar-refractivity contribution in [2.45, 2.75) is 55.9 Å². The van der Waals surface area contributed by atoms with Gasteiger partial charge < -0.3 is 48.7 Å². The Morgan fingerprint density at radius 2 is 1.29 bits per heavy atom. The summed E-state index contributed by atoms with van der Waals surface area (Å²) >= 11 is 5.46. The van der Waals surface area contributed by atoms with Crippen LogP contribution in [0.25, 0.3) is 0 Å². The van der Waals surface area contributed by atoms with E-state index < -0.39 is 84.6 Å². The summed E-state index contributed by atoms with van der Waals surface area (Å²) in [5.74, 6) is -6.75. The van der Waals surface area contributed by atoms with E-state index in [1.54, 1.807) is 0 Å². The van der Waals surface area contributed by atoms with Crippen molar-refractivity contribution in [3.05, 3.63) is 0 Å². The first-order valence-corrected chi connectivity index (χ1v) is 13.3. The maximum Gasteiger partial charge on any atom is 0.326 e. The van der Waals surface area contributed by atoms with Crippen molar-refractivity contribution in [2.75, 3.05) is 24.4 Å². The number of nitrogens with two attached hydrogens (primary N) is 3. The van der Waals surface area contributed by atoms with Crippen molar-refractivity contribution in [3.63, 3.8) is 0 Å². The van der Waals surface area contributed by atoms with E-state index in [1.807, 2.05) is 11.6 Å². The summed E-state index contributed by atoms with van der Waals surface area (Å²) in [7, 11) is 0. The highest BCUT2D eigenvalue weighted by molar-refractivity contribution is 7.98. The van der Waals surface area contributed by atoms with Crippen LogP contribution in [0.2, 0.25) is 0 Å². The number of hydrogen-bond acceptors (Lipinski definition) is 11. The van der Waals surface area contributed by atoms with Crippen LogP contribution in [-0.4, -0.2) is 106 Å². The Kier molecular flexibility index (Phi) is 16.7. The first-order chi connectivity index (χ1) is 17.8. The summed E-state index contributed by atoms with van der Waals surface area (Å²) in [4.78, 5) is 83.8. The fourth-order valence-corrected chi connectivity index (χ4v) is 3.56. The van der Waals surface area contributed by atoms with Gasteiger partial charge in [0.25, 0.3) is 0 Å². The molecule has 5 atom stereocenters. The lowest BCUT2D eigenvalue weighted by molar-refractivity contribution is -0.144. The molecule has 0 aromatic rings. The lowest BCUT2D eigenvalue weighted by Gasteiger charge is -2.25. The number of nitrogens with one attached hydrogen (secondary N) is 4. The van der Waals surface area contributed by atoms with Gasteiger partial charge in [-0.15, -0.1) is 0 Å². The van der Waals surface area contributed by atoms with Gasteiger partial charge in [0.05, 0.1) is 19.1 Å². The maximum atomic E-state index is 12.8. The minimum absolute atomic E-state index is 0.291. The minimum atomic E-state index is -1.70. The predicted octanol–water partition coefficient (Wildman–Crippen LogP) is -4.85. The number of thiol groups is 1. The third kappa shape index (κ3) is 13.5. The molecule has 38 heavy (non-hydrogen) atoms. The molecule has 16 nitrogen and oxygen atoms in total. The number of carboxylic acid groups (broad SMARTS) is 1. The molecule has 0 rings (SSSR count). The van der Waals surface area contributed by atoms with E-state index in [2.05, 4.69) is 28.6 Å². The summed E-state index contributed by atoms with van der Waals surface area (Å²) in [6.45, 7) is -0.812. The Morgan fingerprint density at radius 3 is 1.76 bits per heavy atom. The number of hydrogen-bond donors (Lipinski definition) is 10. The maximum absolute atomic E-state index is 12.8. The molecule has 6 amide bonds. The molecule has 0 aromatic carbocycles. The Hall–Kier alpha value is -3.09. The van der Waals surface area contributed by atoms with Crippen LogP contribution in [-0.2, 0) is 33.6 Å². The lowest BCUT2D eigenvalue weighted by Crippen LogP contribution is -2.59. The number of rotatable bonds is 19. The molecule has 0 saturated carbocycles. The molecule has 0 bridgehead atoms. The van der Waals surface area contributed by atoms with E-state index in [9.17, 15) is 43.8 Å². The van der Waals surface area contributed by atoms with Gasteiger partial charge in [-0.05, 0) is 24.9 Å². The molecule has 0 aromatic heterocycles. The second-order valence-electron chi connectivity index (χ2n) is 8.01. The van der Waals surface area contributed by atoms with Gasteiger partial charge in [0, 0.05) is 12.2 Å². The SMILES string of the molecule is CSCC[C@H](N)C(=O)N[C@@H](CO)C(=O)N[C@@H](CS)C(=O)N[C@@H](CCC(N)=O)C(=O)N[C@@H](CC(N)=O)C(=O)O. The molecule has 216 valence electrons. The molecule has 0 aliphatic rings. The van der Waals surface area contributed by atoms with Crippen molar-refractivity contribution in [1.29, 1.82) is 0 Å². The molecular formula is C20H35N7O9S2. The average molecular weight is 582 g/mol. The third-order valence-electron chi connectivity index (χ3n) is 4.93. The summed E-state index contributed by atoms with van der Waals surface area (Å²) in [6, 6.07) is -6.96. The first kappa shape index (κ1) is 34.9. The molecule has 0 aliphatic carbocycles. The number of carbonyl (C=O) groups excluding carboxylic acids is 6. The summed E-state index contributed by atoms with van der Waals surface area (Å²) < 4.78 is 0. The number of carbonyl (C=O) groups is 7. The van der Waals surface area contributed by atoms with E-state index in [4.69, 9.17) is 17.2 Å². The second kappa shape index (κ2) is 18.2. The fraction of sp³-hybridized carbons (Fsp3) is 0.650. The van der Waals surface area contributed by atoms with E-state index in [-0.39, 0.29) is 18.6 Å². The minimum Gasteiger partial charge on any atom is -0.480 e. The predicted molar refractivity (Wildman–Crippen MR) is 140 cm³/mol. The van der Waals surface area contributed by atoms with Gasteiger partial charge in [-0.2, -0.15) is 24.4 Å². The van der Waals surface area contributed by atoms with Crippen molar-refractivity contribution >= 4 is 65.8 Å². The molecule has 0 saturated heterocycles. The van der Waals surface area contributed by atoms with Crippen molar-refractivity contribution in [2.24, 2.45) is 17.2 Å². The molecule has 12 N–H and O–H groups in total.